The SMILES string of the molecule is CCCCCCCC/C(Cl)=C/CCO[Si](c1ccccc1)(c1ccccc1)C(C)(C)C. The molecule has 2 aromatic rings. The van der Waals surface area contributed by atoms with Gasteiger partial charge >= 0.3 is 0 Å². The second-order valence-corrected chi connectivity index (χ2v) is 14.3. The Hall–Kier alpha value is -1.35. The van der Waals surface area contributed by atoms with E-state index in [1.807, 2.05) is 0 Å². The first-order chi connectivity index (χ1) is 14.9. The van der Waals surface area contributed by atoms with E-state index in [2.05, 4.69) is 94.4 Å². The van der Waals surface area contributed by atoms with Crippen LogP contribution < -0.4 is 10.4 Å². The van der Waals surface area contributed by atoms with Crippen LogP contribution in [0.2, 0.25) is 5.04 Å². The molecule has 170 valence electrons. The average molecular weight is 457 g/mol. The van der Waals surface area contributed by atoms with Gasteiger partial charge < -0.3 is 4.43 Å². The lowest BCUT2D eigenvalue weighted by atomic mass is 10.1. The second kappa shape index (κ2) is 13.3. The molecule has 3 heteroatoms. The highest BCUT2D eigenvalue weighted by Gasteiger charge is 2.49. The summed E-state index contributed by atoms with van der Waals surface area (Å²) < 4.78 is 6.92. The number of unbranched alkanes of at least 4 members (excludes halogenated alkanes) is 5. The van der Waals surface area contributed by atoms with Crippen molar-refractivity contribution in [1.29, 1.82) is 0 Å². The molecule has 0 radical (unpaired) electrons. The molecule has 0 aliphatic rings. The Morgan fingerprint density at radius 3 is 1.87 bits per heavy atom. The third-order valence-corrected chi connectivity index (χ3v) is 11.4. The Bertz CT molecular complexity index is 725. The number of allylic oxidation sites excluding steroid dienone is 1. The van der Waals surface area contributed by atoms with Crippen LogP contribution in [0.4, 0.5) is 0 Å². The molecule has 0 saturated carbocycles. The maximum atomic E-state index is 6.92. The van der Waals surface area contributed by atoms with Crippen LogP contribution in [0.15, 0.2) is 71.8 Å². The maximum Gasteiger partial charge on any atom is 0.261 e. The first kappa shape index (κ1) is 25.9. The molecule has 0 saturated heterocycles. The fraction of sp³-hybridized carbons (Fsp3) is 0.500. The Kier molecular flexibility index (Phi) is 11.1. The normalized spacial score (nSPS) is 12.9. The Morgan fingerprint density at radius 1 is 0.839 bits per heavy atom. The highest BCUT2D eigenvalue weighted by Crippen LogP contribution is 2.36. The summed E-state index contributed by atoms with van der Waals surface area (Å²) in [6.07, 6.45) is 11.8. The number of rotatable bonds is 13. The minimum atomic E-state index is -2.44. The summed E-state index contributed by atoms with van der Waals surface area (Å²) in [5, 5.41) is 3.66. The van der Waals surface area contributed by atoms with Gasteiger partial charge in [-0.15, -0.1) is 0 Å². The van der Waals surface area contributed by atoms with Gasteiger partial charge in [0.1, 0.15) is 0 Å². The minimum Gasteiger partial charge on any atom is -0.407 e. The predicted octanol–water partition coefficient (Wildman–Crippen LogP) is 7.83. The van der Waals surface area contributed by atoms with E-state index in [0.717, 1.165) is 17.9 Å². The Morgan fingerprint density at radius 2 is 1.35 bits per heavy atom. The van der Waals surface area contributed by atoms with Crippen LogP contribution in [-0.2, 0) is 4.43 Å². The molecule has 0 fully saturated rings. The van der Waals surface area contributed by atoms with Crippen LogP contribution >= 0.6 is 11.6 Å². The van der Waals surface area contributed by atoms with Gasteiger partial charge in [-0.05, 0) is 34.7 Å². The summed E-state index contributed by atoms with van der Waals surface area (Å²) in [6.45, 7) is 9.91. The van der Waals surface area contributed by atoms with Gasteiger partial charge in [-0.2, -0.15) is 0 Å². The highest BCUT2D eigenvalue weighted by molar-refractivity contribution is 6.99. The van der Waals surface area contributed by atoms with Crippen LogP contribution in [0, 0.1) is 0 Å². The summed E-state index contributed by atoms with van der Waals surface area (Å²) in [4.78, 5) is 0. The summed E-state index contributed by atoms with van der Waals surface area (Å²) in [7, 11) is -2.44. The molecule has 0 unspecified atom stereocenters. The zero-order valence-electron chi connectivity index (χ0n) is 20.0. The average Bonchev–Trinajstić information content (AvgIpc) is 2.76. The summed E-state index contributed by atoms with van der Waals surface area (Å²) >= 11 is 6.51. The van der Waals surface area contributed by atoms with Crippen molar-refractivity contribution in [2.24, 2.45) is 0 Å². The second-order valence-electron chi connectivity index (χ2n) is 9.47. The highest BCUT2D eigenvalue weighted by atomic mass is 35.5. The van der Waals surface area contributed by atoms with E-state index >= 15 is 0 Å². The van der Waals surface area contributed by atoms with Gasteiger partial charge in [-0.25, -0.2) is 0 Å². The summed E-state index contributed by atoms with van der Waals surface area (Å²) in [6, 6.07) is 21.7. The monoisotopic (exact) mass is 456 g/mol. The van der Waals surface area contributed by atoms with Gasteiger partial charge in [-0.3, -0.25) is 0 Å². The number of benzene rings is 2. The molecule has 2 aromatic carbocycles. The lowest BCUT2D eigenvalue weighted by molar-refractivity contribution is 0.304. The van der Waals surface area contributed by atoms with E-state index in [-0.39, 0.29) is 5.04 Å². The van der Waals surface area contributed by atoms with Crippen LogP contribution in [0.25, 0.3) is 0 Å². The van der Waals surface area contributed by atoms with Crippen LogP contribution in [0.3, 0.4) is 0 Å². The fourth-order valence-electron chi connectivity index (χ4n) is 4.37. The van der Waals surface area contributed by atoms with E-state index in [1.165, 1.54) is 48.9 Å². The number of halogens is 1. The van der Waals surface area contributed by atoms with E-state index in [1.54, 1.807) is 0 Å². The molecule has 1 nitrogen and oxygen atoms in total. The van der Waals surface area contributed by atoms with Crippen molar-refractivity contribution in [1.82, 2.24) is 0 Å². The van der Waals surface area contributed by atoms with Gasteiger partial charge in [0.15, 0.2) is 0 Å². The minimum absolute atomic E-state index is 0.0156. The molecule has 0 amide bonds. The summed E-state index contributed by atoms with van der Waals surface area (Å²) in [5.41, 5.74) is 0. The summed E-state index contributed by atoms with van der Waals surface area (Å²) in [5.74, 6) is 0. The fourth-order valence-corrected chi connectivity index (χ4v) is 9.19. The van der Waals surface area contributed by atoms with E-state index < -0.39 is 8.32 Å². The number of hydrogen-bond acceptors (Lipinski definition) is 1. The van der Waals surface area contributed by atoms with Gasteiger partial charge in [0.25, 0.3) is 8.32 Å². The molecule has 0 atom stereocenters. The van der Waals surface area contributed by atoms with Crippen molar-refractivity contribution < 1.29 is 4.43 Å². The van der Waals surface area contributed by atoms with Gasteiger partial charge in [0.05, 0.1) is 0 Å². The van der Waals surface area contributed by atoms with E-state index in [9.17, 15) is 0 Å². The predicted molar refractivity (Wildman–Crippen MR) is 140 cm³/mol. The van der Waals surface area contributed by atoms with Gasteiger partial charge in [0, 0.05) is 11.6 Å². The van der Waals surface area contributed by atoms with Crippen molar-refractivity contribution >= 4 is 30.3 Å². The molecular weight excluding hydrogens is 416 g/mol. The molecule has 0 bridgehead atoms. The molecule has 0 heterocycles. The molecule has 2 rings (SSSR count). The maximum absolute atomic E-state index is 6.92. The molecule has 0 spiro atoms. The van der Waals surface area contributed by atoms with Crippen molar-refractivity contribution in [3.8, 4) is 0 Å². The smallest absolute Gasteiger partial charge is 0.261 e. The molecule has 0 aliphatic heterocycles. The zero-order chi connectivity index (χ0) is 22.6. The topological polar surface area (TPSA) is 9.23 Å². The largest absolute Gasteiger partial charge is 0.407 e. The lowest BCUT2D eigenvalue weighted by Crippen LogP contribution is -2.66. The van der Waals surface area contributed by atoms with E-state index in [0.29, 0.717) is 6.61 Å². The Labute approximate surface area is 197 Å². The molecule has 0 N–H and O–H groups in total. The molecule has 0 aromatic heterocycles. The van der Waals surface area contributed by atoms with Crippen LogP contribution in [0.5, 0.6) is 0 Å². The quantitative estimate of drug-likeness (QED) is 0.220. The first-order valence-corrected chi connectivity index (χ1v) is 14.3. The van der Waals surface area contributed by atoms with Gasteiger partial charge in [0.2, 0.25) is 0 Å². The molecular formula is C28H41ClOSi. The van der Waals surface area contributed by atoms with Crippen LogP contribution in [-0.4, -0.2) is 14.9 Å². The lowest BCUT2D eigenvalue weighted by Gasteiger charge is -2.43. The van der Waals surface area contributed by atoms with Gasteiger partial charge in [-0.1, -0.05) is 138 Å². The standard InChI is InChI=1S/C28H41ClOSi/c1-5-6-7-8-9-12-18-25(29)19-17-24-30-31(28(2,3)4,26-20-13-10-14-21-26)27-22-15-11-16-23-27/h10-11,13-16,19-23H,5-9,12,17-18,24H2,1-4H3/b25-19-. The number of hydrogen-bond donors (Lipinski definition) is 0. The third-order valence-electron chi connectivity index (χ3n) is 5.99. The zero-order valence-corrected chi connectivity index (χ0v) is 21.8. The van der Waals surface area contributed by atoms with E-state index in [4.69, 9.17) is 16.0 Å². The van der Waals surface area contributed by atoms with Crippen molar-refractivity contribution in [2.75, 3.05) is 6.61 Å². The van der Waals surface area contributed by atoms with Crippen LogP contribution in [0.1, 0.15) is 79.1 Å². The molecule has 31 heavy (non-hydrogen) atoms. The Balaban J connectivity index is 2.06. The molecule has 0 aliphatic carbocycles. The van der Waals surface area contributed by atoms with Crippen molar-refractivity contribution in [3.63, 3.8) is 0 Å². The third kappa shape index (κ3) is 7.63. The van der Waals surface area contributed by atoms with Crippen molar-refractivity contribution in [3.05, 3.63) is 71.8 Å². The first-order valence-electron chi connectivity index (χ1n) is 12.0. The van der Waals surface area contributed by atoms with Crippen molar-refractivity contribution in [2.45, 2.75) is 84.1 Å².